The number of hydrogen-bond acceptors (Lipinski definition) is 5. The number of H-pyrrole nitrogens is 1. The van der Waals surface area contributed by atoms with Gasteiger partial charge in [0.25, 0.3) is 0 Å². The van der Waals surface area contributed by atoms with Crippen molar-refractivity contribution in [3.05, 3.63) is 42.5 Å². The van der Waals surface area contributed by atoms with Crippen LogP contribution in [0.2, 0.25) is 0 Å². The summed E-state index contributed by atoms with van der Waals surface area (Å²) in [5, 5.41) is 5.51. The number of fused-ring (bicyclic) bond motifs is 1. The van der Waals surface area contributed by atoms with Gasteiger partial charge in [0.05, 0.1) is 18.9 Å². The van der Waals surface area contributed by atoms with Gasteiger partial charge in [-0.3, -0.25) is 0 Å². The molecule has 2 aromatic carbocycles. The summed E-state index contributed by atoms with van der Waals surface area (Å²) in [6.45, 7) is 2.30. The number of primary sulfonamides is 1. The van der Waals surface area contributed by atoms with Gasteiger partial charge in [-0.05, 0) is 49.4 Å². The lowest BCUT2D eigenvalue weighted by atomic mass is 10.1. The van der Waals surface area contributed by atoms with E-state index in [1.807, 2.05) is 12.1 Å². The van der Waals surface area contributed by atoms with Crippen molar-refractivity contribution in [2.24, 2.45) is 5.14 Å². The normalized spacial score (nSPS) is 14.0. The topological polar surface area (TPSA) is 88.4 Å². The van der Waals surface area contributed by atoms with Crippen LogP contribution in [0, 0.1) is 0 Å². The van der Waals surface area contributed by atoms with Gasteiger partial charge in [-0.2, -0.15) is 0 Å². The maximum absolute atomic E-state index is 9.41. The molecule has 2 heterocycles. The van der Waals surface area contributed by atoms with Gasteiger partial charge in [0.2, 0.25) is 10.0 Å². The van der Waals surface area contributed by atoms with Crippen LogP contribution < -0.4 is 14.8 Å². The first-order valence-corrected chi connectivity index (χ1v) is 12.5. The Labute approximate surface area is 176 Å². The monoisotopic (exact) mass is 433 g/mol. The van der Waals surface area contributed by atoms with Crippen LogP contribution in [0.25, 0.3) is 22.2 Å². The fourth-order valence-electron chi connectivity index (χ4n) is 3.54. The maximum atomic E-state index is 9.41. The third-order valence-corrected chi connectivity index (χ3v) is 5.50. The lowest BCUT2D eigenvalue weighted by molar-refractivity contribution is 0.419. The Hall–Kier alpha value is -2.16. The Kier molecular flexibility index (Phi) is 6.77. The van der Waals surface area contributed by atoms with Gasteiger partial charge < -0.3 is 14.6 Å². The maximum Gasteiger partial charge on any atom is 0.206 e. The number of rotatable bonds is 4. The molecule has 1 aliphatic heterocycles. The molecule has 156 valence electrons. The molecule has 6 nitrogen and oxygen atoms in total. The molecule has 0 aliphatic carbocycles. The number of methoxy groups -OCH3 is 1. The van der Waals surface area contributed by atoms with Gasteiger partial charge in [-0.15, -0.1) is 11.8 Å². The molecule has 4 rings (SSSR count). The molecule has 1 saturated heterocycles. The van der Waals surface area contributed by atoms with Crippen molar-refractivity contribution in [1.82, 2.24) is 4.98 Å². The summed E-state index contributed by atoms with van der Waals surface area (Å²) in [6, 6.07) is 15.2. The Morgan fingerprint density at radius 3 is 2.45 bits per heavy atom. The number of anilines is 1. The lowest BCUT2D eigenvalue weighted by Gasteiger charge is -2.21. The van der Waals surface area contributed by atoms with E-state index < -0.39 is 10.0 Å². The SMILES string of the molecule is COc1cccc2cc(-c3cc(SC)ccc3N3CCCC3)[nH]c12.CS(N)(=O)=O. The third kappa shape index (κ3) is 5.46. The van der Waals surface area contributed by atoms with Gasteiger partial charge >= 0.3 is 0 Å². The largest absolute Gasteiger partial charge is 0.495 e. The first kappa shape index (κ1) is 21.5. The van der Waals surface area contributed by atoms with Crippen LogP contribution in [0.5, 0.6) is 5.75 Å². The number of aromatic nitrogens is 1. The van der Waals surface area contributed by atoms with Gasteiger partial charge in [-0.1, -0.05) is 12.1 Å². The molecule has 3 aromatic rings. The first-order chi connectivity index (χ1) is 13.8. The fraction of sp³-hybridized carbons (Fsp3) is 0.333. The molecule has 1 fully saturated rings. The average molecular weight is 434 g/mol. The van der Waals surface area contributed by atoms with Crippen molar-refractivity contribution in [3.8, 4) is 17.0 Å². The van der Waals surface area contributed by atoms with Crippen LogP contribution in [0.15, 0.2) is 47.4 Å². The Balaban J connectivity index is 0.000000431. The zero-order valence-corrected chi connectivity index (χ0v) is 18.6. The minimum absolute atomic E-state index is 0.891. The predicted molar refractivity (Wildman–Crippen MR) is 123 cm³/mol. The molecule has 0 bridgehead atoms. The fourth-order valence-corrected chi connectivity index (χ4v) is 3.98. The number of hydrogen-bond donors (Lipinski definition) is 2. The molecule has 0 radical (unpaired) electrons. The standard InChI is InChI=1S/C20H22N2OS.CH5NO2S/c1-23-19-7-5-6-14-12-17(21-20(14)19)16-13-15(24-2)8-9-18(16)22-10-3-4-11-22;1-5(2,3)4/h5-9,12-13,21H,3-4,10-11H2,1-2H3;1H3,(H2,2,3,4). The minimum atomic E-state index is -3.17. The predicted octanol–water partition coefficient (Wildman–Crippen LogP) is 4.07. The smallest absolute Gasteiger partial charge is 0.206 e. The van der Waals surface area contributed by atoms with E-state index in [-0.39, 0.29) is 0 Å². The zero-order valence-electron chi connectivity index (χ0n) is 16.9. The van der Waals surface area contributed by atoms with Gasteiger partial charge in [0, 0.05) is 40.3 Å². The van der Waals surface area contributed by atoms with E-state index in [4.69, 9.17) is 4.74 Å². The summed E-state index contributed by atoms with van der Waals surface area (Å²) < 4.78 is 24.3. The molecule has 8 heteroatoms. The summed E-state index contributed by atoms with van der Waals surface area (Å²) in [5.74, 6) is 0.891. The number of thioether (sulfide) groups is 1. The van der Waals surface area contributed by atoms with Crippen molar-refractivity contribution >= 4 is 38.4 Å². The van der Waals surface area contributed by atoms with Crippen LogP contribution in [0.3, 0.4) is 0 Å². The number of nitrogens with zero attached hydrogens (tertiary/aromatic N) is 1. The van der Waals surface area contributed by atoms with Crippen LogP contribution in [-0.4, -0.2) is 46.1 Å². The van der Waals surface area contributed by atoms with Crippen molar-refractivity contribution in [2.45, 2.75) is 17.7 Å². The highest BCUT2D eigenvalue weighted by molar-refractivity contribution is 7.98. The lowest BCUT2D eigenvalue weighted by Crippen LogP contribution is -2.18. The molecule has 0 spiro atoms. The highest BCUT2D eigenvalue weighted by atomic mass is 32.2. The number of ether oxygens (including phenoxy) is 1. The molecule has 1 aliphatic rings. The Morgan fingerprint density at radius 1 is 1.14 bits per heavy atom. The van der Waals surface area contributed by atoms with E-state index in [1.54, 1.807) is 18.9 Å². The van der Waals surface area contributed by atoms with E-state index in [9.17, 15) is 8.42 Å². The molecular weight excluding hydrogens is 406 g/mol. The summed E-state index contributed by atoms with van der Waals surface area (Å²) >= 11 is 1.79. The van der Waals surface area contributed by atoms with E-state index >= 15 is 0 Å². The first-order valence-electron chi connectivity index (χ1n) is 9.37. The van der Waals surface area contributed by atoms with Crippen LogP contribution in [0.4, 0.5) is 5.69 Å². The number of nitrogens with two attached hydrogens (primary N) is 1. The summed E-state index contributed by atoms with van der Waals surface area (Å²) in [5.41, 5.74) is 4.84. The molecule has 3 N–H and O–H groups in total. The second-order valence-corrected chi connectivity index (χ2v) is 9.55. The van der Waals surface area contributed by atoms with E-state index in [2.05, 4.69) is 51.6 Å². The van der Waals surface area contributed by atoms with Crippen LogP contribution in [-0.2, 0) is 10.0 Å². The second-order valence-electron chi connectivity index (χ2n) is 7.01. The summed E-state index contributed by atoms with van der Waals surface area (Å²) in [6.07, 6.45) is 5.63. The third-order valence-electron chi connectivity index (χ3n) is 4.78. The van der Waals surface area contributed by atoms with Crippen molar-refractivity contribution in [2.75, 3.05) is 37.6 Å². The molecule has 0 saturated carbocycles. The highest BCUT2D eigenvalue weighted by Gasteiger charge is 2.18. The molecule has 0 unspecified atom stereocenters. The van der Waals surface area contributed by atoms with Gasteiger partial charge in [0.1, 0.15) is 5.75 Å². The van der Waals surface area contributed by atoms with Gasteiger partial charge in [-0.25, -0.2) is 13.6 Å². The summed E-state index contributed by atoms with van der Waals surface area (Å²) in [7, 11) is -1.45. The van der Waals surface area contributed by atoms with E-state index in [0.29, 0.717) is 0 Å². The quantitative estimate of drug-likeness (QED) is 0.606. The van der Waals surface area contributed by atoms with Crippen molar-refractivity contribution in [1.29, 1.82) is 0 Å². The van der Waals surface area contributed by atoms with Crippen LogP contribution in [0.1, 0.15) is 12.8 Å². The number of nitrogens with one attached hydrogen (secondary N) is 1. The van der Waals surface area contributed by atoms with Crippen molar-refractivity contribution in [3.63, 3.8) is 0 Å². The van der Waals surface area contributed by atoms with E-state index in [1.165, 1.54) is 34.4 Å². The molecule has 0 atom stereocenters. The minimum Gasteiger partial charge on any atom is -0.495 e. The van der Waals surface area contributed by atoms with Crippen molar-refractivity contribution < 1.29 is 13.2 Å². The highest BCUT2D eigenvalue weighted by Crippen LogP contribution is 2.38. The van der Waals surface area contributed by atoms with Crippen LogP contribution >= 0.6 is 11.8 Å². The van der Waals surface area contributed by atoms with E-state index in [0.717, 1.165) is 36.3 Å². The molecule has 1 aromatic heterocycles. The number of benzene rings is 2. The summed E-state index contributed by atoms with van der Waals surface area (Å²) in [4.78, 5) is 7.38. The number of para-hydroxylation sites is 1. The average Bonchev–Trinajstić information content (AvgIpc) is 3.35. The number of sulfonamides is 1. The second kappa shape index (κ2) is 9.11. The number of aromatic amines is 1. The Bertz CT molecular complexity index is 1080. The zero-order chi connectivity index (χ0) is 21.0. The Morgan fingerprint density at radius 2 is 1.83 bits per heavy atom. The molecule has 29 heavy (non-hydrogen) atoms. The molecule has 0 amide bonds. The van der Waals surface area contributed by atoms with Gasteiger partial charge in [0.15, 0.2) is 0 Å². The molecular formula is C21H27N3O3S2.